The predicted octanol–water partition coefficient (Wildman–Crippen LogP) is 2.29. The minimum absolute atomic E-state index is 0.730. The number of hydrogen-bond acceptors (Lipinski definition) is 4. The molecule has 2 bridgehead atoms. The van der Waals surface area contributed by atoms with Crippen molar-refractivity contribution in [2.75, 3.05) is 23.3 Å². The summed E-state index contributed by atoms with van der Waals surface area (Å²) in [5.74, 6) is 2.97. The van der Waals surface area contributed by atoms with Crippen LogP contribution in [0.25, 0.3) is 0 Å². The van der Waals surface area contributed by atoms with Crippen LogP contribution in [0.1, 0.15) is 32.6 Å². The molecule has 4 heteroatoms. The lowest BCUT2D eigenvalue weighted by Crippen LogP contribution is -2.32. The van der Waals surface area contributed by atoms with Crippen molar-refractivity contribution in [2.45, 2.75) is 38.6 Å². The van der Waals surface area contributed by atoms with Crippen molar-refractivity contribution in [2.24, 2.45) is 5.92 Å². The van der Waals surface area contributed by atoms with Gasteiger partial charge >= 0.3 is 0 Å². The molecule has 1 saturated heterocycles. The molecular formula is C13H20N4. The van der Waals surface area contributed by atoms with Gasteiger partial charge in [0.25, 0.3) is 0 Å². The number of rotatable bonds is 4. The average Bonchev–Trinajstić information content (AvgIpc) is 2.99. The number of hydrogen-bond donors (Lipinski definition) is 1. The van der Waals surface area contributed by atoms with Gasteiger partial charge in [0, 0.05) is 25.2 Å². The van der Waals surface area contributed by atoms with Crippen LogP contribution >= 0.6 is 0 Å². The predicted molar refractivity (Wildman–Crippen MR) is 69.3 cm³/mol. The second-order valence-corrected chi connectivity index (χ2v) is 5.17. The Balaban J connectivity index is 1.74. The second kappa shape index (κ2) is 4.51. The Bertz CT molecular complexity index is 393. The second-order valence-electron chi connectivity index (χ2n) is 5.17. The fourth-order valence-electron chi connectivity index (χ4n) is 3.06. The van der Waals surface area contributed by atoms with Gasteiger partial charge in [-0.05, 0) is 31.6 Å². The van der Waals surface area contributed by atoms with Crippen molar-refractivity contribution in [1.29, 1.82) is 0 Å². The van der Waals surface area contributed by atoms with Crippen LogP contribution < -0.4 is 10.2 Å². The number of anilines is 2. The molecule has 0 aromatic carbocycles. The summed E-state index contributed by atoms with van der Waals surface area (Å²) in [6, 6.07) is 2.82. The molecule has 2 aliphatic rings. The third-order valence-electron chi connectivity index (χ3n) is 3.91. The van der Waals surface area contributed by atoms with E-state index in [0.29, 0.717) is 0 Å². The number of nitrogens with zero attached hydrogens (tertiary/aromatic N) is 3. The summed E-state index contributed by atoms with van der Waals surface area (Å²) in [7, 11) is 0. The van der Waals surface area contributed by atoms with Crippen LogP contribution in [0.4, 0.5) is 11.6 Å². The summed E-state index contributed by atoms with van der Waals surface area (Å²) in [5.41, 5.74) is 0. The normalized spacial score (nSPS) is 26.5. The molecule has 1 aromatic rings. The van der Waals surface area contributed by atoms with E-state index < -0.39 is 0 Å². The molecule has 4 nitrogen and oxygen atoms in total. The maximum Gasteiger partial charge on any atom is 0.134 e. The molecule has 2 heterocycles. The lowest BCUT2D eigenvalue weighted by molar-refractivity contribution is 0.550. The van der Waals surface area contributed by atoms with Gasteiger partial charge in [0.05, 0.1) is 0 Å². The van der Waals surface area contributed by atoms with E-state index in [1.54, 1.807) is 6.33 Å². The monoisotopic (exact) mass is 232 g/mol. The van der Waals surface area contributed by atoms with Crippen LogP contribution in [0.2, 0.25) is 0 Å². The van der Waals surface area contributed by atoms with Crippen LogP contribution in [0.5, 0.6) is 0 Å². The summed E-state index contributed by atoms with van der Waals surface area (Å²) in [4.78, 5) is 11.1. The van der Waals surface area contributed by atoms with E-state index in [1.165, 1.54) is 25.8 Å². The van der Waals surface area contributed by atoms with Crippen LogP contribution in [0, 0.1) is 5.92 Å². The highest BCUT2D eigenvalue weighted by atomic mass is 15.3. The Morgan fingerprint density at radius 2 is 2.35 bits per heavy atom. The van der Waals surface area contributed by atoms with E-state index in [0.717, 1.165) is 36.6 Å². The third-order valence-corrected chi connectivity index (χ3v) is 3.91. The smallest absolute Gasteiger partial charge is 0.134 e. The highest BCUT2D eigenvalue weighted by Gasteiger charge is 2.38. The highest BCUT2D eigenvalue weighted by Crippen LogP contribution is 2.39. The maximum atomic E-state index is 4.42. The van der Waals surface area contributed by atoms with Crippen molar-refractivity contribution in [3.8, 4) is 0 Å². The first-order valence-corrected chi connectivity index (χ1v) is 6.69. The topological polar surface area (TPSA) is 41.0 Å². The lowest BCUT2D eigenvalue weighted by Gasteiger charge is -2.28. The van der Waals surface area contributed by atoms with Crippen molar-refractivity contribution in [1.82, 2.24) is 9.97 Å². The molecule has 1 N–H and O–H groups in total. The molecule has 1 aliphatic heterocycles. The molecule has 92 valence electrons. The molecular weight excluding hydrogens is 212 g/mol. The molecule has 1 saturated carbocycles. The molecule has 2 atom stereocenters. The Labute approximate surface area is 102 Å². The Morgan fingerprint density at radius 3 is 3.06 bits per heavy atom. The summed E-state index contributed by atoms with van der Waals surface area (Å²) in [6.07, 6.45) is 6.91. The summed E-state index contributed by atoms with van der Waals surface area (Å²) in [5, 5.41) is 3.32. The Morgan fingerprint density at radius 1 is 1.41 bits per heavy atom. The molecule has 1 aromatic heterocycles. The summed E-state index contributed by atoms with van der Waals surface area (Å²) >= 11 is 0. The number of aromatic nitrogens is 2. The van der Waals surface area contributed by atoms with Crippen molar-refractivity contribution < 1.29 is 0 Å². The van der Waals surface area contributed by atoms with Gasteiger partial charge in [-0.15, -0.1) is 0 Å². The fraction of sp³-hybridized carbons (Fsp3) is 0.692. The zero-order valence-electron chi connectivity index (χ0n) is 10.4. The molecule has 2 fully saturated rings. The van der Waals surface area contributed by atoms with Crippen molar-refractivity contribution in [3.63, 3.8) is 0 Å². The van der Waals surface area contributed by atoms with Gasteiger partial charge in [-0.25, -0.2) is 9.97 Å². The van der Waals surface area contributed by atoms with Gasteiger partial charge < -0.3 is 10.2 Å². The van der Waals surface area contributed by atoms with Crippen LogP contribution in [-0.4, -0.2) is 29.1 Å². The van der Waals surface area contributed by atoms with Crippen LogP contribution in [0.15, 0.2) is 12.4 Å². The number of fused-ring (bicyclic) bond motifs is 2. The van der Waals surface area contributed by atoms with E-state index in [-0.39, 0.29) is 0 Å². The maximum absolute atomic E-state index is 4.42. The number of piperidine rings is 1. The van der Waals surface area contributed by atoms with E-state index in [4.69, 9.17) is 0 Å². The molecule has 0 spiro atoms. The molecule has 1 aliphatic carbocycles. The quantitative estimate of drug-likeness (QED) is 0.864. The zero-order valence-corrected chi connectivity index (χ0v) is 10.4. The average molecular weight is 232 g/mol. The molecule has 17 heavy (non-hydrogen) atoms. The Kier molecular flexibility index (Phi) is 2.87. The van der Waals surface area contributed by atoms with Gasteiger partial charge in [0.2, 0.25) is 0 Å². The fourth-order valence-corrected chi connectivity index (χ4v) is 3.06. The number of nitrogens with one attached hydrogen (secondary N) is 1. The Hall–Kier alpha value is -1.32. The molecule has 2 unspecified atom stereocenters. The van der Waals surface area contributed by atoms with Crippen LogP contribution in [-0.2, 0) is 0 Å². The summed E-state index contributed by atoms with van der Waals surface area (Å²) < 4.78 is 0. The first kappa shape index (κ1) is 10.8. The van der Waals surface area contributed by atoms with Gasteiger partial charge in [-0.1, -0.05) is 6.92 Å². The minimum atomic E-state index is 0.730. The third kappa shape index (κ3) is 2.08. The molecule has 3 rings (SSSR count). The van der Waals surface area contributed by atoms with E-state index in [1.807, 2.05) is 0 Å². The van der Waals surface area contributed by atoms with Gasteiger partial charge in [-0.2, -0.15) is 0 Å². The first-order valence-electron chi connectivity index (χ1n) is 6.69. The first-order chi connectivity index (χ1) is 8.36. The summed E-state index contributed by atoms with van der Waals surface area (Å²) in [6.45, 7) is 4.33. The minimum Gasteiger partial charge on any atom is -0.370 e. The van der Waals surface area contributed by atoms with Crippen molar-refractivity contribution in [3.05, 3.63) is 12.4 Å². The van der Waals surface area contributed by atoms with Crippen molar-refractivity contribution >= 4 is 11.6 Å². The molecule has 0 radical (unpaired) electrons. The highest BCUT2D eigenvalue weighted by molar-refractivity contribution is 5.50. The van der Waals surface area contributed by atoms with Crippen LogP contribution in [0.3, 0.4) is 0 Å². The van der Waals surface area contributed by atoms with Gasteiger partial charge in [0.1, 0.15) is 18.0 Å². The van der Waals surface area contributed by atoms with Gasteiger partial charge in [-0.3, -0.25) is 0 Å². The van der Waals surface area contributed by atoms with Gasteiger partial charge in [0.15, 0.2) is 0 Å². The standard InChI is InChI=1S/C13H20N4/c1-2-5-14-12-7-13(16-9-15-12)17-8-10-3-4-11(17)6-10/h7,9-11H,2-6,8H2,1H3,(H,14,15,16). The zero-order chi connectivity index (χ0) is 11.7. The molecule has 0 amide bonds. The lowest BCUT2D eigenvalue weighted by atomic mass is 10.1. The SMILES string of the molecule is CCCNc1cc(N2CC3CCC2C3)ncn1. The van der Waals surface area contributed by atoms with E-state index in [9.17, 15) is 0 Å². The van der Waals surface area contributed by atoms with E-state index >= 15 is 0 Å². The van der Waals surface area contributed by atoms with E-state index in [2.05, 4.69) is 33.2 Å². The largest absolute Gasteiger partial charge is 0.370 e.